The lowest BCUT2D eigenvalue weighted by atomic mass is 10.1. The molecule has 1 aromatic rings. The van der Waals surface area contributed by atoms with E-state index in [9.17, 15) is 9.59 Å². The van der Waals surface area contributed by atoms with Crippen LogP contribution in [0.1, 0.15) is 28.8 Å². The van der Waals surface area contributed by atoms with Gasteiger partial charge in [-0.3, -0.25) is 14.6 Å². The number of carbonyl (C=O) groups is 2. The van der Waals surface area contributed by atoms with E-state index in [-0.39, 0.29) is 41.9 Å². The van der Waals surface area contributed by atoms with E-state index in [2.05, 4.69) is 20.5 Å². The molecule has 160 valence electrons. The number of rotatable bonds is 4. The van der Waals surface area contributed by atoms with Gasteiger partial charge in [-0.25, -0.2) is 0 Å². The first kappa shape index (κ1) is 23.4. The summed E-state index contributed by atoms with van der Waals surface area (Å²) in [4.78, 5) is 32.7. The average molecular weight is 515 g/mol. The highest BCUT2D eigenvalue weighted by molar-refractivity contribution is 14.0. The van der Waals surface area contributed by atoms with Gasteiger partial charge in [0.05, 0.1) is 0 Å². The zero-order valence-corrected chi connectivity index (χ0v) is 19.3. The number of hydrogen-bond acceptors (Lipinski definition) is 4. The van der Waals surface area contributed by atoms with Crippen LogP contribution in [0, 0.1) is 0 Å². The van der Waals surface area contributed by atoms with Gasteiger partial charge in [-0.1, -0.05) is 12.1 Å². The van der Waals surface area contributed by atoms with Crippen LogP contribution in [0.25, 0.3) is 0 Å². The fraction of sp³-hybridized carbons (Fsp3) is 0.550. The molecule has 2 N–H and O–H groups in total. The van der Waals surface area contributed by atoms with E-state index >= 15 is 0 Å². The third-order valence-electron chi connectivity index (χ3n) is 5.17. The van der Waals surface area contributed by atoms with Gasteiger partial charge in [-0.2, -0.15) is 0 Å². The van der Waals surface area contributed by atoms with Crippen LogP contribution in [0.3, 0.4) is 0 Å². The number of ether oxygens (including phenoxy) is 1. The molecule has 2 aliphatic rings. The molecule has 2 amide bonds. The number of carbonyl (C=O) groups excluding carboxylic acids is 2. The Hall–Kier alpha value is -1.88. The Bertz CT molecular complexity index is 729. The highest BCUT2D eigenvalue weighted by Crippen LogP contribution is 2.16. The summed E-state index contributed by atoms with van der Waals surface area (Å²) in [6.45, 7) is 4.07. The second kappa shape index (κ2) is 11.3. The van der Waals surface area contributed by atoms with Crippen molar-refractivity contribution in [2.45, 2.75) is 25.5 Å². The zero-order valence-electron chi connectivity index (χ0n) is 17.0. The second-order valence-electron chi connectivity index (χ2n) is 6.99. The van der Waals surface area contributed by atoms with Gasteiger partial charge in [0.2, 0.25) is 0 Å². The SMILES string of the molecule is CN=C(NCc1cccc(C(=O)NC)c1)N1CCN(C(=O)C2CCCO2)CC1.I. The largest absolute Gasteiger partial charge is 0.368 e. The van der Waals surface area contributed by atoms with E-state index in [1.165, 1.54) is 0 Å². The molecule has 0 spiro atoms. The molecular weight excluding hydrogens is 485 g/mol. The fourth-order valence-electron chi connectivity index (χ4n) is 3.59. The van der Waals surface area contributed by atoms with Crippen molar-refractivity contribution in [1.82, 2.24) is 20.4 Å². The standard InChI is InChI=1S/C20H29N5O3.HI/c1-21-18(26)16-6-3-5-15(13-16)14-23-20(22-2)25-10-8-24(9-11-25)19(27)17-7-4-12-28-17;/h3,5-6,13,17H,4,7-12,14H2,1-2H3,(H,21,26)(H,22,23);1H. The Labute approximate surface area is 189 Å². The van der Waals surface area contributed by atoms with Crippen LogP contribution < -0.4 is 10.6 Å². The summed E-state index contributed by atoms with van der Waals surface area (Å²) < 4.78 is 5.52. The topological polar surface area (TPSA) is 86.3 Å². The predicted octanol–water partition coefficient (Wildman–Crippen LogP) is 1.06. The molecule has 0 aliphatic carbocycles. The Kier molecular flexibility index (Phi) is 9.15. The van der Waals surface area contributed by atoms with Crippen molar-refractivity contribution < 1.29 is 14.3 Å². The Morgan fingerprint density at radius 1 is 1.21 bits per heavy atom. The van der Waals surface area contributed by atoms with Gasteiger partial charge in [0.1, 0.15) is 6.10 Å². The van der Waals surface area contributed by atoms with E-state index in [0.717, 1.165) is 37.5 Å². The predicted molar refractivity (Wildman–Crippen MR) is 123 cm³/mol. The third kappa shape index (κ3) is 6.05. The van der Waals surface area contributed by atoms with Gasteiger partial charge in [0.25, 0.3) is 11.8 Å². The van der Waals surface area contributed by atoms with Crippen LogP contribution in [0.2, 0.25) is 0 Å². The van der Waals surface area contributed by atoms with Crippen molar-refractivity contribution in [1.29, 1.82) is 0 Å². The van der Waals surface area contributed by atoms with Gasteiger partial charge >= 0.3 is 0 Å². The third-order valence-corrected chi connectivity index (χ3v) is 5.17. The first-order valence-corrected chi connectivity index (χ1v) is 9.79. The summed E-state index contributed by atoms with van der Waals surface area (Å²) in [6, 6.07) is 7.52. The lowest BCUT2D eigenvalue weighted by molar-refractivity contribution is -0.142. The van der Waals surface area contributed by atoms with Crippen molar-refractivity contribution in [2.24, 2.45) is 4.99 Å². The number of piperazine rings is 1. The van der Waals surface area contributed by atoms with Gasteiger partial charge < -0.3 is 25.2 Å². The molecule has 3 rings (SSSR count). The number of nitrogens with one attached hydrogen (secondary N) is 2. The summed E-state index contributed by atoms with van der Waals surface area (Å²) in [6.07, 6.45) is 1.54. The van der Waals surface area contributed by atoms with Gasteiger partial charge in [-0.05, 0) is 30.5 Å². The molecule has 0 radical (unpaired) electrons. The minimum Gasteiger partial charge on any atom is -0.368 e. The quantitative estimate of drug-likeness (QED) is 0.356. The molecule has 2 aliphatic heterocycles. The average Bonchev–Trinajstić information content (AvgIpc) is 3.28. The van der Waals surface area contributed by atoms with Crippen LogP contribution in [0.15, 0.2) is 29.3 Å². The molecular formula is C20H30IN5O3. The summed E-state index contributed by atoms with van der Waals surface area (Å²) in [5.74, 6) is 0.818. The summed E-state index contributed by atoms with van der Waals surface area (Å²) in [5.41, 5.74) is 1.65. The summed E-state index contributed by atoms with van der Waals surface area (Å²) in [5, 5.41) is 5.99. The number of amides is 2. The summed E-state index contributed by atoms with van der Waals surface area (Å²) in [7, 11) is 3.38. The maximum atomic E-state index is 12.5. The van der Waals surface area contributed by atoms with Crippen LogP contribution >= 0.6 is 24.0 Å². The maximum absolute atomic E-state index is 12.5. The molecule has 8 nitrogen and oxygen atoms in total. The number of hydrogen-bond donors (Lipinski definition) is 2. The van der Waals surface area contributed by atoms with Crippen LogP contribution in [0.5, 0.6) is 0 Å². The molecule has 9 heteroatoms. The van der Waals surface area contributed by atoms with Crippen LogP contribution in [-0.4, -0.2) is 80.6 Å². The molecule has 1 aromatic carbocycles. The molecule has 0 bridgehead atoms. The number of halogens is 1. The zero-order chi connectivity index (χ0) is 19.9. The number of aliphatic imine (C=N–C) groups is 1. The maximum Gasteiger partial charge on any atom is 0.251 e. The minimum absolute atomic E-state index is 0. The highest BCUT2D eigenvalue weighted by atomic mass is 127. The molecule has 1 unspecified atom stereocenters. The Morgan fingerprint density at radius 2 is 1.93 bits per heavy atom. The lowest BCUT2D eigenvalue weighted by Crippen LogP contribution is -2.55. The monoisotopic (exact) mass is 515 g/mol. The van der Waals surface area contributed by atoms with Crippen LogP contribution in [0.4, 0.5) is 0 Å². The molecule has 2 saturated heterocycles. The van der Waals surface area contributed by atoms with Gasteiger partial charge in [0.15, 0.2) is 5.96 Å². The Morgan fingerprint density at radius 3 is 2.55 bits per heavy atom. The van der Waals surface area contributed by atoms with E-state index in [1.807, 2.05) is 23.1 Å². The summed E-state index contributed by atoms with van der Waals surface area (Å²) >= 11 is 0. The van der Waals surface area contributed by atoms with Crippen molar-refractivity contribution in [3.63, 3.8) is 0 Å². The van der Waals surface area contributed by atoms with E-state index < -0.39 is 0 Å². The van der Waals surface area contributed by atoms with Gasteiger partial charge in [-0.15, -0.1) is 24.0 Å². The molecule has 1 atom stereocenters. The minimum atomic E-state index is -0.253. The smallest absolute Gasteiger partial charge is 0.251 e. The molecule has 2 heterocycles. The van der Waals surface area contributed by atoms with Crippen LogP contribution in [-0.2, 0) is 16.1 Å². The van der Waals surface area contributed by atoms with E-state index in [4.69, 9.17) is 4.74 Å². The number of guanidine groups is 1. The molecule has 0 saturated carbocycles. The van der Waals surface area contributed by atoms with Crippen molar-refractivity contribution in [3.8, 4) is 0 Å². The number of benzene rings is 1. The lowest BCUT2D eigenvalue weighted by Gasteiger charge is -2.37. The Balaban J connectivity index is 0.00000300. The molecule has 2 fully saturated rings. The van der Waals surface area contributed by atoms with Crippen molar-refractivity contribution in [3.05, 3.63) is 35.4 Å². The fourth-order valence-corrected chi connectivity index (χ4v) is 3.59. The number of nitrogens with zero attached hydrogens (tertiary/aromatic N) is 3. The van der Waals surface area contributed by atoms with Gasteiger partial charge in [0, 0.05) is 59.0 Å². The first-order valence-electron chi connectivity index (χ1n) is 9.79. The van der Waals surface area contributed by atoms with Crippen molar-refractivity contribution in [2.75, 3.05) is 46.9 Å². The first-order chi connectivity index (χ1) is 13.6. The highest BCUT2D eigenvalue weighted by Gasteiger charge is 2.30. The van der Waals surface area contributed by atoms with Crippen molar-refractivity contribution >= 4 is 41.8 Å². The molecule has 0 aromatic heterocycles. The second-order valence-corrected chi connectivity index (χ2v) is 6.99. The normalized spacial score (nSPS) is 19.5. The molecule has 29 heavy (non-hydrogen) atoms. The van der Waals surface area contributed by atoms with E-state index in [0.29, 0.717) is 31.8 Å². The van der Waals surface area contributed by atoms with E-state index in [1.54, 1.807) is 20.2 Å².